The quantitative estimate of drug-likeness (QED) is 0.549. The van der Waals surface area contributed by atoms with Gasteiger partial charge in [-0.1, -0.05) is 6.92 Å². The predicted molar refractivity (Wildman–Crippen MR) is 37.4 cm³/mol. The molecule has 0 saturated heterocycles. The SMILES string of the molecule is CCS(=O)(=O)[C@@H]1C[C@@H]1C=O. The minimum absolute atomic E-state index is 0.155. The Morgan fingerprint density at radius 1 is 1.60 bits per heavy atom. The van der Waals surface area contributed by atoms with Crippen molar-refractivity contribution in [2.24, 2.45) is 5.92 Å². The van der Waals surface area contributed by atoms with Gasteiger partial charge in [0.05, 0.1) is 5.25 Å². The summed E-state index contributed by atoms with van der Waals surface area (Å²) in [5.74, 6) is -0.0490. The summed E-state index contributed by atoms with van der Waals surface area (Å²) < 4.78 is 21.9. The zero-order chi connectivity index (χ0) is 7.78. The van der Waals surface area contributed by atoms with E-state index in [4.69, 9.17) is 0 Å². The zero-order valence-corrected chi connectivity index (χ0v) is 6.60. The number of sulfone groups is 1. The van der Waals surface area contributed by atoms with Crippen molar-refractivity contribution >= 4 is 16.1 Å². The monoisotopic (exact) mass is 162 g/mol. The van der Waals surface area contributed by atoms with Crippen molar-refractivity contribution in [1.29, 1.82) is 0 Å². The van der Waals surface area contributed by atoms with Gasteiger partial charge in [-0.25, -0.2) is 8.42 Å². The van der Waals surface area contributed by atoms with Crippen molar-refractivity contribution in [2.45, 2.75) is 18.6 Å². The molecule has 0 unspecified atom stereocenters. The Morgan fingerprint density at radius 3 is 2.50 bits per heavy atom. The number of hydrogen-bond donors (Lipinski definition) is 0. The van der Waals surface area contributed by atoms with Gasteiger partial charge in [0.25, 0.3) is 0 Å². The van der Waals surface area contributed by atoms with Crippen LogP contribution in [0.4, 0.5) is 0 Å². The van der Waals surface area contributed by atoms with Gasteiger partial charge in [-0.3, -0.25) is 0 Å². The summed E-state index contributed by atoms with van der Waals surface area (Å²) in [5, 5.41) is -0.352. The van der Waals surface area contributed by atoms with Crippen LogP contribution in [-0.2, 0) is 14.6 Å². The van der Waals surface area contributed by atoms with Crippen molar-refractivity contribution < 1.29 is 13.2 Å². The Balaban J connectivity index is 2.63. The van der Waals surface area contributed by atoms with E-state index in [0.717, 1.165) is 6.29 Å². The average molecular weight is 162 g/mol. The number of carbonyl (C=O) groups is 1. The second-order valence-electron chi connectivity index (χ2n) is 2.53. The van der Waals surface area contributed by atoms with Crippen molar-refractivity contribution in [1.82, 2.24) is 0 Å². The minimum Gasteiger partial charge on any atom is -0.303 e. The third kappa shape index (κ3) is 1.21. The summed E-state index contributed by atoms with van der Waals surface area (Å²) in [4.78, 5) is 10.1. The minimum atomic E-state index is -2.92. The van der Waals surface area contributed by atoms with E-state index < -0.39 is 9.84 Å². The maximum atomic E-state index is 11.0. The van der Waals surface area contributed by atoms with Crippen LogP contribution >= 0.6 is 0 Å². The molecule has 10 heavy (non-hydrogen) atoms. The van der Waals surface area contributed by atoms with Crippen LogP contribution in [-0.4, -0.2) is 25.7 Å². The maximum Gasteiger partial charge on any atom is 0.153 e. The highest BCUT2D eigenvalue weighted by molar-refractivity contribution is 7.92. The van der Waals surface area contributed by atoms with E-state index >= 15 is 0 Å². The van der Waals surface area contributed by atoms with Gasteiger partial charge in [-0.2, -0.15) is 0 Å². The van der Waals surface area contributed by atoms with Gasteiger partial charge in [0.1, 0.15) is 6.29 Å². The lowest BCUT2D eigenvalue weighted by atomic mass is 10.5. The Bertz CT molecular complexity index is 229. The molecule has 0 aliphatic heterocycles. The third-order valence-electron chi connectivity index (χ3n) is 1.82. The summed E-state index contributed by atoms with van der Waals surface area (Å²) in [5.41, 5.74) is 0. The molecule has 1 saturated carbocycles. The fraction of sp³-hybridized carbons (Fsp3) is 0.833. The van der Waals surface area contributed by atoms with E-state index in [1.54, 1.807) is 6.92 Å². The molecule has 1 aliphatic rings. The first-order chi connectivity index (χ1) is 4.61. The zero-order valence-electron chi connectivity index (χ0n) is 5.78. The lowest BCUT2D eigenvalue weighted by Gasteiger charge is -1.94. The molecular formula is C6H10O3S. The molecule has 58 valence electrons. The summed E-state index contributed by atoms with van der Waals surface area (Å²) in [6.07, 6.45) is 1.28. The summed E-state index contributed by atoms with van der Waals surface area (Å²) in [6.45, 7) is 1.61. The van der Waals surface area contributed by atoms with Crippen LogP contribution in [0.3, 0.4) is 0 Å². The molecule has 0 radical (unpaired) electrons. The van der Waals surface area contributed by atoms with E-state index in [1.807, 2.05) is 0 Å². The highest BCUT2D eigenvalue weighted by atomic mass is 32.2. The first-order valence-electron chi connectivity index (χ1n) is 3.28. The van der Waals surface area contributed by atoms with Crippen molar-refractivity contribution in [3.8, 4) is 0 Å². The van der Waals surface area contributed by atoms with Crippen LogP contribution in [0.5, 0.6) is 0 Å². The third-order valence-corrected chi connectivity index (χ3v) is 4.09. The number of carbonyl (C=O) groups excluding carboxylic acids is 1. The molecule has 0 aromatic carbocycles. The van der Waals surface area contributed by atoms with E-state index in [9.17, 15) is 13.2 Å². The topological polar surface area (TPSA) is 51.2 Å². The standard InChI is InChI=1S/C6H10O3S/c1-2-10(8,9)6-3-5(6)4-7/h4-6H,2-3H2,1H3/t5-,6-/m1/s1. The molecular weight excluding hydrogens is 152 g/mol. The van der Waals surface area contributed by atoms with Crippen LogP contribution in [0.15, 0.2) is 0 Å². The second kappa shape index (κ2) is 2.34. The molecule has 0 spiro atoms. The smallest absolute Gasteiger partial charge is 0.153 e. The Labute approximate surface area is 60.3 Å². The van der Waals surface area contributed by atoms with E-state index in [2.05, 4.69) is 0 Å². The van der Waals surface area contributed by atoms with Crippen LogP contribution in [0.2, 0.25) is 0 Å². The van der Waals surface area contributed by atoms with Gasteiger partial charge in [0.2, 0.25) is 0 Å². The predicted octanol–water partition coefficient (Wildman–Crippen LogP) is 0.00850. The van der Waals surface area contributed by atoms with Crippen molar-refractivity contribution in [2.75, 3.05) is 5.75 Å². The van der Waals surface area contributed by atoms with Crippen molar-refractivity contribution in [3.05, 3.63) is 0 Å². The molecule has 2 atom stereocenters. The lowest BCUT2D eigenvalue weighted by molar-refractivity contribution is -0.108. The average Bonchev–Trinajstić information content (AvgIpc) is 2.66. The van der Waals surface area contributed by atoms with Gasteiger partial charge >= 0.3 is 0 Å². The molecule has 1 aliphatic carbocycles. The van der Waals surface area contributed by atoms with Gasteiger partial charge in [0, 0.05) is 11.7 Å². The van der Waals surface area contributed by atoms with Crippen LogP contribution in [0.1, 0.15) is 13.3 Å². The number of hydrogen-bond acceptors (Lipinski definition) is 3. The van der Waals surface area contributed by atoms with Gasteiger partial charge in [-0.15, -0.1) is 0 Å². The lowest BCUT2D eigenvalue weighted by Crippen LogP contribution is -2.11. The molecule has 0 heterocycles. The Hall–Kier alpha value is -0.380. The summed E-state index contributed by atoms with van der Waals surface area (Å²) in [7, 11) is -2.92. The highest BCUT2D eigenvalue weighted by Gasteiger charge is 2.45. The number of aldehydes is 1. The summed E-state index contributed by atoms with van der Waals surface area (Å²) in [6, 6.07) is 0. The first kappa shape index (κ1) is 7.72. The Kier molecular flexibility index (Phi) is 1.81. The van der Waals surface area contributed by atoms with E-state index in [-0.39, 0.29) is 16.9 Å². The van der Waals surface area contributed by atoms with Crippen LogP contribution in [0.25, 0.3) is 0 Å². The van der Waals surface area contributed by atoms with Gasteiger partial charge in [-0.05, 0) is 6.42 Å². The summed E-state index contributed by atoms with van der Waals surface area (Å²) >= 11 is 0. The van der Waals surface area contributed by atoms with Gasteiger partial charge in [0.15, 0.2) is 9.84 Å². The normalized spacial score (nSPS) is 31.7. The molecule has 0 amide bonds. The van der Waals surface area contributed by atoms with E-state index in [0.29, 0.717) is 6.42 Å². The van der Waals surface area contributed by atoms with Gasteiger partial charge < -0.3 is 4.79 Å². The fourth-order valence-electron chi connectivity index (χ4n) is 0.960. The molecule has 0 bridgehead atoms. The number of rotatable bonds is 3. The first-order valence-corrected chi connectivity index (χ1v) is 5.00. The molecule has 1 rings (SSSR count). The maximum absolute atomic E-state index is 11.0. The van der Waals surface area contributed by atoms with E-state index in [1.165, 1.54) is 0 Å². The fourth-order valence-corrected chi connectivity index (χ4v) is 2.50. The molecule has 0 N–H and O–H groups in total. The van der Waals surface area contributed by atoms with Crippen molar-refractivity contribution in [3.63, 3.8) is 0 Å². The molecule has 0 aromatic heterocycles. The van der Waals surface area contributed by atoms with Crippen LogP contribution < -0.4 is 0 Å². The molecule has 0 aromatic rings. The molecule has 1 fully saturated rings. The Morgan fingerprint density at radius 2 is 2.20 bits per heavy atom. The highest BCUT2D eigenvalue weighted by Crippen LogP contribution is 2.35. The van der Waals surface area contributed by atoms with Crippen LogP contribution in [0, 0.1) is 5.92 Å². The molecule has 4 heteroatoms. The second-order valence-corrected chi connectivity index (χ2v) is 5.03. The molecule has 3 nitrogen and oxygen atoms in total. The largest absolute Gasteiger partial charge is 0.303 e.